The lowest BCUT2D eigenvalue weighted by Gasteiger charge is -2.42. The molecule has 0 saturated heterocycles. The van der Waals surface area contributed by atoms with Crippen LogP contribution in [0.25, 0.3) is 0 Å². The van der Waals surface area contributed by atoms with E-state index < -0.39 is 21.6 Å². The maximum Gasteiger partial charge on any atom is 0.266 e. The third-order valence-electron chi connectivity index (χ3n) is 3.22. The normalized spacial score (nSPS) is 15.4. The quantitative estimate of drug-likeness (QED) is 0.451. The van der Waals surface area contributed by atoms with Crippen molar-refractivity contribution in [1.82, 2.24) is 0 Å². The molecule has 1 aromatic rings. The number of carbonyl (C=O) groups is 1. The molecular weight excluding hydrogens is 310 g/mol. The van der Waals surface area contributed by atoms with Crippen molar-refractivity contribution < 1.29 is 26.9 Å². The van der Waals surface area contributed by atoms with Crippen LogP contribution in [-0.2, 0) is 29.6 Å². The molecule has 0 amide bonds. The van der Waals surface area contributed by atoms with E-state index in [0.717, 1.165) is 6.26 Å². The van der Waals surface area contributed by atoms with Gasteiger partial charge in [-0.2, -0.15) is 8.42 Å². The minimum absolute atomic E-state index is 0.102. The molecule has 0 spiro atoms. The Labute approximate surface area is 130 Å². The van der Waals surface area contributed by atoms with Gasteiger partial charge in [0, 0.05) is 25.3 Å². The van der Waals surface area contributed by atoms with Gasteiger partial charge in [0.25, 0.3) is 10.1 Å². The van der Waals surface area contributed by atoms with Gasteiger partial charge in [0.05, 0.1) is 6.26 Å². The first-order valence-electron chi connectivity index (χ1n) is 6.40. The number of hydrogen-bond acceptors (Lipinski definition) is 7. The first-order valence-corrected chi connectivity index (χ1v) is 8.22. The molecule has 0 fully saturated rings. The maximum atomic E-state index is 11.4. The third-order valence-corrected chi connectivity index (χ3v) is 3.87. The summed E-state index contributed by atoms with van der Waals surface area (Å²) in [7, 11) is -1.22. The molecule has 0 heterocycles. The molecule has 0 aliphatic heterocycles. The predicted molar refractivity (Wildman–Crippen MR) is 80.7 cm³/mol. The van der Waals surface area contributed by atoms with E-state index in [0.29, 0.717) is 11.1 Å². The molecule has 1 atom stereocenters. The average molecular weight is 331 g/mol. The molecule has 1 rings (SSSR count). The molecule has 0 bridgehead atoms. The van der Waals surface area contributed by atoms with Crippen LogP contribution in [0.1, 0.15) is 29.8 Å². The second-order valence-electron chi connectivity index (χ2n) is 5.05. The molecule has 124 valence electrons. The van der Waals surface area contributed by atoms with E-state index in [4.69, 9.17) is 19.4 Å². The predicted octanol–water partition coefficient (Wildman–Crippen LogP) is 0.986. The number of nitrogens with two attached hydrogens (primary N) is 1. The zero-order valence-electron chi connectivity index (χ0n) is 13.2. The Morgan fingerprint density at radius 1 is 1.14 bits per heavy atom. The van der Waals surface area contributed by atoms with Crippen LogP contribution in [-0.4, -0.2) is 40.4 Å². The van der Waals surface area contributed by atoms with Crippen LogP contribution in [0.4, 0.5) is 0 Å². The van der Waals surface area contributed by atoms with Gasteiger partial charge < -0.3 is 9.47 Å². The summed E-state index contributed by atoms with van der Waals surface area (Å²) in [6.45, 7) is 2.77. The molecule has 0 aliphatic carbocycles. The lowest BCUT2D eigenvalue weighted by atomic mass is 9.94. The highest BCUT2D eigenvalue weighted by molar-refractivity contribution is 7.86. The van der Waals surface area contributed by atoms with Gasteiger partial charge in [-0.1, -0.05) is 24.3 Å². The summed E-state index contributed by atoms with van der Waals surface area (Å²) in [6, 6.07) is 6.28. The molecule has 1 unspecified atom stereocenters. The lowest BCUT2D eigenvalue weighted by molar-refractivity contribution is -0.296. The first kappa shape index (κ1) is 18.7. The van der Waals surface area contributed by atoms with E-state index in [1.165, 1.54) is 28.1 Å². The van der Waals surface area contributed by atoms with E-state index in [1.807, 2.05) is 0 Å². The van der Waals surface area contributed by atoms with Crippen molar-refractivity contribution in [2.75, 3.05) is 20.5 Å². The van der Waals surface area contributed by atoms with Gasteiger partial charge in [0.15, 0.2) is 11.5 Å². The maximum absolute atomic E-state index is 11.4. The summed E-state index contributed by atoms with van der Waals surface area (Å²) < 4.78 is 38.5. The molecule has 0 saturated carbocycles. The van der Waals surface area contributed by atoms with Gasteiger partial charge in [0.1, 0.15) is 0 Å². The van der Waals surface area contributed by atoms with Crippen molar-refractivity contribution in [3.63, 3.8) is 0 Å². The van der Waals surface area contributed by atoms with Crippen molar-refractivity contribution in [2.24, 2.45) is 5.73 Å². The topological polar surface area (TPSA) is 105 Å². The van der Waals surface area contributed by atoms with Crippen molar-refractivity contribution in [3.05, 3.63) is 35.4 Å². The summed E-state index contributed by atoms with van der Waals surface area (Å²) in [5, 5.41) is 0. The summed E-state index contributed by atoms with van der Waals surface area (Å²) in [5.74, 6) is -1.78. The molecule has 0 radical (unpaired) electrons. The van der Waals surface area contributed by atoms with Gasteiger partial charge in [-0.25, -0.2) is 4.18 Å². The third kappa shape index (κ3) is 3.71. The highest BCUT2D eigenvalue weighted by Gasteiger charge is 2.52. The van der Waals surface area contributed by atoms with Crippen molar-refractivity contribution in [2.45, 2.75) is 25.4 Å². The van der Waals surface area contributed by atoms with Gasteiger partial charge in [-0.3, -0.25) is 10.5 Å². The number of benzene rings is 1. The van der Waals surface area contributed by atoms with E-state index in [-0.39, 0.29) is 5.78 Å². The van der Waals surface area contributed by atoms with E-state index >= 15 is 0 Å². The van der Waals surface area contributed by atoms with Crippen molar-refractivity contribution in [3.8, 4) is 0 Å². The van der Waals surface area contributed by atoms with Crippen LogP contribution in [0, 0.1) is 0 Å². The molecular formula is C14H21NO6S. The second-order valence-corrected chi connectivity index (χ2v) is 6.63. The van der Waals surface area contributed by atoms with Crippen molar-refractivity contribution in [1.29, 1.82) is 0 Å². The SMILES string of the molecule is COC(OC)(c1ccc(C(C)=O)cc1)C(C)(N)OS(C)(=O)=O. The number of hydrogen-bond donors (Lipinski definition) is 1. The number of ketones is 1. The summed E-state index contributed by atoms with van der Waals surface area (Å²) >= 11 is 0. The van der Waals surface area contributed by atoms with Crippen LogP contribution in [0.3, 0.4) is 0 Å². The monoisotopic (exact) mass is 331 g/mol. The number of carbonyl (C=O) groups excluding carboxylic acids is 1. The number of ether oxygens (including phenoxy) is 2. The largest absolute Gasteiger partial charge is 0.346 e. The van der Waals surface area contributed by atoms with Crippen LogP contribution in [0.15, 0.2) is 24.3 Å². The zero-order chi connectivity index (χ0) is 17.2. The van der Waals surface area contributed by atoms with E-state index in [1.54, 1.807) is 24.3 Å². The Hall–Kier alpha value is -1.32. The minimum Gasteiger partial charge on any atom is -0.346 e. The average Bonchev–Trinajstić information content (AvgIpc) is 2.38. The smallest absolute Gasteiger partial charge is 0.266 e. The standard InChI is InChI=1S/C14H21NO6S/c1-10(16)11-6-8-12(9-7-11)14(19-3,20-4)13(2,15)21-22(5,17)18/h6-9H,15H2,1-5H3. The summed E-state index contributed by atoms with van der Waals surface area (Å²) in [4.78, 5) is 11.3. The fraction of sp³-hybridized carbons (Fsp3) is 0.500. The number of rotatable bonds is 7. The number of methoxy groups -OCH3 is 2. The first-order chi connectivity index (χ1) is 9.99. The lowest BCUT2D eigenvalue weighted by Crippen LogP contribution is -2.60. The molecule has 1 aromatic carbocycles. The van der Waals surface area contributed by atoms with Crippen molar-refractivity contribution >= 4 is 15.9 Å². The number of Topliss-reactive ketones (excluding diaryl/α,β-unsaturated/α-hetero) is 1. The highest BCUT2D eigenvalue weighted by atomic mass is 32.2. The Morgan fingerprint density at radius 2 is 1.59 bits per heavy atom. The molecule has 7 nitrogen and oxygen atoms in total. The van der Waals surface area contributed by atoms with Gasteiger partial charge in [-0.15, -0.1) is 0 Å². The summed E-state index contributed by atoms with van der Waals surface area (Å²) in [5.41, 5.74) is 5.09. The van der Waals surface area contributed by atoms with Gasteiger partial charge in [-0.05, 0) is 13.8 Å². The minimum atomic E-state index is -3.85. The second kappa shape index (κ2) is 6.43. The van der Waals surface area contributed by atoms with E-state index in [9.17, 15) is 13.2 Å². The van der Waals surface area contributed by atoms with Crippen LogP contribution in [0.2, 0.25) is 0 Å². The molecule has 0 aromatic heterocycles. The Balaban J connectivity index is 3.39. The fourth-order valence-electron chi connectivity index (χ4n) is 2.30. The fourth-order valence-corrected chi connectivity index (χ4v) is 3.04. The zero-order valence-corrected chi connectivity index (χ0v) is 14.1. The van der Waals surface area contributed by atoms with Crippen LogP contribution < -0.4 is 5.73 Å². The van der Waals surface area contributed by atoms with Gasteiger partial charge >= 0.3 is 0 Å². The molecule has 22 heavy (non-hydrogen) atoms. The van der Waals surface area contributed by atoms with E-state index in [2.05, 4.69) is 0 Å². The molecule has 2 N–H and O–H groups in total. The Morgan fingerprint density at radius 3 is 1.91 bits per heavy atom. The molecule has 8 heteroatoms. The van der Waals surface area contributed by atoms with Crippen LogP contribution in [0.5, 0.6) is 0 Å². The molecule has 0 aliphatic rings. The Bertz CT molecular complexity index is 632. The summed E-state index contributed by atoms with van der Waals surface area (Å²) in [6.07, 6.45) is 0.882. The highest BCUT2D eigenvalue weighted by Crippen LogP contribution is 2.37. The van der Waals surface area contributed by atoms with Gasteiger partial charge in [0.2, 0.25) is 5.79 Å². The Kier molecular flexibility index (Phi) is 5.47. The van der Waals surface area contributed by atoms with Crippen LogP contribution >= 0.6 is 0 Å².